The van der Waals surface area contributed by atoms with Gasteiger partial charge in [-0.05, 0) is 59.7 Å². The molecule has 0 spiro atoms. The molecule has 0 radical (unpaired) electrons. The zero-order valence-corrected chi connectivity index (χ0v) is 17.3. The Morgan fingerprint density at radius 3 is 2.28 bits per heavy atom. The van der Waals surface area contributed by atoms with Crippen molar-refractivity contribution in [3.05, 3.63) is 95.8 Å². The number of amides is 1. The van der Waals surface area contributed by atoms with E-state index in [4.69, 9.17) is 0 Å². The molecule has 0 bridgehead atoms. The summed E-state index contributed by atoms with van der Waals surface area (Å²) in [5, 5.41) is 2.59. The smallest absolute Gasteiger partial charge is 0.323 e. The standard InChI is InChI=1S/C22H18F3N3O3S/c23-22(24,25)20-4-2-1-3-17(20)15-27-32(30,31)19-8-6-18(7-9-19)28-21(29)10-5-16-11-13-26-14-12-16/h1-14,27H,15H2,(H,28,29)/b10-5+. The Morgan fingerprint density at radius 1 is 0.969 bits per heavy atom. The first-order valence-corrected chi connectivity index (χ1v) is 10.8. The average Bonchev–Trinajstić information content (AvgIpc) is 2.77. The fraction of sp³-hybridized carbons (Fsp3) is 0.0909. The van der Waals surface area contributed by atoms with Crippen LogP contribution < -0.4 is 10.0 Å². The molecule has 0 aliphatic carbocycles. The van der Waals surface area contributed by atoms with Crippen LogP contribution in [0.1, 0.15) is 16.7 Å². The first-order valence-electron chi connectivity index (χ1n) is 9.29. The van der Waals surface area contributed by atoms with Gasteiger partial charge in [-0.25, -0.2) is 13.1 Å². The molecule has 0 atom stereocenters. The molecule has 1 amide bonds. The van der Waals surface area contributed by atoms with Crippen molar-refractivity contribution < 1.29 is 26.4 Å². The second-order valence-corrected chi connectivity index (χ2v) is 8.37. The number of sulfonamides is 1. The van der Waals surface area contributed by atoms with Crippen LogP contribution in [0.15, 0.2) is 84.0 Å². The monoisotopic (exact) mass is 461 g/mol. The van der Waals surface area contributed by atoms with E-state index >= 15 is 0 Å². The Kier molecular flexibility index (Phi) is 7.06. The molecule has 2 aromatic carbocycles. The average molecular weight is 461 g/mol. The summed E-state index contributed by atoms with van der Waals surface area (Å²) in [7, 11) is -4.06. The van der Waals surface area contributed by atoms with Gasteiger partial charge in [0, 0.05) is 30.7 Å². The highest BCUT2D eigenvalue weighted by Crippen LogP contribution is 2.31. The van der Waals surface area contributed by atoms with Crippen molar-refractivity contribution in [3.8, 4) is 0 Å². The summed E-state index contributed by atoms with van der Waals surface area (Å²) in [5.41, 5.74) is 0.0551. The molecule has 32 heavy (non-hydrogen) atoms. The molecule has 0 saturated heterocycles. The molecule has 1 aromatic heterocycles. The molecule has 0 unspecified atom stereocenters. The summed E-state index contributed by atoms with van der Waals surface area (Å²) in [4.78, 5) is 15.7. The summed E-state index contributed by atoms with van der Waals surface area (Å²) in [6.45, 7) is -0.518. The number of pyridine rings is 1. The van der Waals surface area contributed by atoms with Crippen molar-refractivity contribution in [2.45, 2.75) is 17.6 Å². The van der Waals surface area contributed by atoms with E-state index in [1.807, 2.05) is 0 Å². The molecule has 0 saturated carbocycles. The van der Waals surface area contributed by atoms with Crippen LogP contribution in [0.5, 0.6) is 0 Å². The number of carbonyl (C=O) groups excluding carboxylic acids is 1. The SMILES string of the molecule is O=C(/C=C/c1ccncc1)Nc1ccc(S(=O)(=O)NCc2ccccc2C(F)(F)F)cc1. The van der Waals surface area contributed by atoms with E-state index in [2.05, 4.69) is 15.0 Å². The lowest BCUT2D eigenvalue weighted by Crippen LogP contribution is -2.24. The molecule has 2 N–H and O–H groups in total. The number of aromatic nitrogens is 1. The highest BCUT2D eigenvalue weighted by Gasteiger charge is 2.33. The van der Waals surface area contributed by atoms with E-state index in [0.717, 1.165) is 11.6 Å². The molecule has 10 heteroatoms. The molecule has 0 aliphatic heterocycles. The minimum Gasteiger partial charge on any atom is -0.323 e. The van der Waals surface area contributed by atoms with Gasteiger partial charge in [0.15, 0.2) is 0 Å². The lowest BCUT2D eigenvalue weighted by atomic mass is 10.1. The first kappa shape index (κ1) is 23.2. The summed E-state index contributed by atoms with van der Waals surface area (Å²) in [6, 6.07) is 13.5. The molecule has 6 nitrogen and oxygen atoms in total. The molecule has 0 aliphatic rings. The fourth-order valence-electron chi connectivity index (χ4n) is 2.75. The predicted molar refractivity (Wildman–Crippen MR) is 114 cm³/mol. The van der Waals surface area contributed by atoms with Gasteiger partial charge in [0.05, 0.1) is 10.5 Å². The summed E-state index contributed by atoms with van der Waals surface area (Å²) >= 11 is 0. The van der Waals surface area contributed by atoms with E-state index in [0.29, 0.717) is 5.69 Å². The zero-order valence-electron chi connectivity index (χ0n) is 16.5. The molecular formula is C22H18F3N3O3S. The van der Waals surface area contributed by atoms with Crippen molar-refractivity contribution in [3.63, 3.8) is 0 Å². The maximum atomic E-state index is 13.1. The van der Waals surface area contributed by atoms with Crippen LogP contribution in [0, 0.1) is 0 Å². The molecule has 3 aromatic rings. The van der Waals surface area contributed by atoms with Gasteiger partial charge in [0.1, 0.15) is 0 Å². The van der Waals surface area contributed by atoms with Crippen molar-refractivity contribution in [1.82, 2.24) is 9.71 Å². The number of benzene rings is 2. The fourth-order valence-corrected chi connectivity index (χ4v) is 3.76. The predicted octanol–water partition coefficient (Wildman–Crippen LogP) is 4.23. The molecule has 1 heterocycles. The van der Waals surface area contributed by atoms with Crippen LogP contribution in [0.3, 0.4) is 0 Å². The van der Waals surface area contributed by atoms with Crippen molar-refractivity contribution in [1.29, 1.82) is 0 Å². The van der Waals surface area contributed by atoms with Crippen LogP contribution in [-0.4, -0.2) is 19.3 Å². The Labute approximate surface area is 182 Å². The van der Waals surface area contributed by atoms with E-state index < -0.39 is 34.2 Å². The summed E-state index contributed by atoms with van der Waals surface area (Å²) in [6.07, 6.45) is 1.50. The number of halogens is 3. The third-order valence-electron chi connectivity index (χ3n) is 4.34. The normalized spacial score (nSPS) is 12.1. The lowest BCUT2D eigenvalue weighted by Gasteiger charge is -2.13. The van der Waals surface area contributed by atoms with Crippen molar-refractivity contribution in [2.75, 3.05) is 5.32 Å². The van der Waals surface area contributed by atoms with Crippen LogP contribution in [0.25, 0.3) is 6.08 Å². The summed E-state index contributed by atoms with van der Waals surface area (Å²) in [5.74, 6) is -0.417. The van der Waals surface area contributed by atoms with Gasteiger partial charge >= 0.3 is 6.18 Å². The van der Waals surface area contributed by atoms with Gasteiger partial charge in [-0.1, -0.05) is 18.2 Å². The number of hydrogen-bond donors (Lipinski definition) is 2. The van der Waals surface area contributed by atoms with E-state index in [1.54, 1.807) is 30.6 Å². The minimum absolute atomic E-state index is 0.146. The third kappa shape index (κ3) is 6.25. The maximum Gasteiger partial charge on any atom is 0.416 e. The van der Waals surface area contributed by atoms with Gasteiger partial charge in [-0.15, -0.1) is 0 Å². The topological polar surface area (TPSA) is 88.2 Å². The van der Waals surface area contributed by atoms with Gasteiger partial charge < -0.3 is 5.32 Å². The Bertz CT molecular complexity index is 1210. The second-order valence-electron chi connectivity index (χ2n) is 6.61. The number of rotatable bonds is 7. The van der Waals surface area contributed by atoms with Crippen LogP contribution in [0.2, 0.25) is 0 Å². The number of nitrogens with zero attached hydrogens (tertiary/aromatic N) is 1. The molecule has 166 valence electrons. The van der Waals surface area contributed by atoms with Gasteiger partial charge in [-0.2, -0.15) is 13.2 Å². The van der Waals surface area contributed by atoms with Crippen molar-refractivity contribution >= 4 is 27.7 Å². The minimum atomic E-state index is -4.59. The quantitative estimate of drug-likeness (QED) is 0.516. The van der Waals surface area contributed by atoms with Crippen LogP contribution >= 0.6 is 0 Å². The molecular weight excluding hydrogens is 443 g/mol. The lowest BCUT2D eigenvalue weighted by molar-refractivity contribution is -0.138. The number of nitrogens with one attached hydrogen (secondary N) is 2. The van der Waals surface area contributed by atoms with Crippen LogP contribution in [-0.2, 0) is 27.5 Å². The number of hydrogen-bond acceptors (Lipinski definition) is 4. The maximum absolute atomic E-state index is 13.1. The molecule has 3 rings (SSSR count). The number of alkyl halides is 3. The van der Waals surface area contributed by atoms with Crippen molar-refractivity contribution in [2.24, 2.45) is 0 Å². The van der Waals surface area contributed by atoms with Gasteiger partial charge in [0.25, 0.3) is 0 Å². The third-order valence-corrected chi connectivity index (χ3v) is 5.76. The van der Waals surface area contributed by atoms with E-state index in [1.165, 1.54) is 48.5 Å². The largest absolute Gasteiger partial charge is 0.416 e. The van der Waals surface area contributed by atoms with Gasteiger partial charge in [0.2, 0.25) is 15.9 Å². The summed E-state index contributed by atoms with van der Waals surface area (Å²) < 4.78 is 66.3. The van der Waals surface area contributed by atoms with Gasteiger partial charge in [-0.3, -0.25) is 9.78 Å². The van der Waals surface area contributed by atoms with E-state index in [-0.39, 0.29) is 10.5 Å². The second kappa shape index (κ2) is 9.75. The highest BCUT2D eigenvalue weighted by atomic mass is 32.2. The van der Waals surface area contributed by atoms with Crippen LogP contribution in [0.4, 0.5) is 18.9 Å². The Hall–Kier alpha value is -3.50. The highest BCUT2D eigenvalue weighted by molar-refractivity contribution is 7.89. The first-order chi connectivity index (χ1) is 15.1. The Morgan fingerprint density at radius 2 is 1.62 bits per heavy atom. The number of anilines is 1. The molecule has 0 fully saturated rings. The zero-order chi connectivity index (χ0) is 23.2. The van der Waals surface area contributed by atoms with E-state index in [9.17, 15) is 26.4 Å². The number of carbonyl (C=O) groups is 1. The Balaban J connectivity index is 1.64.